The highest BCUT2D eigenvalue weighted by Gasteiger charge is 2.05. The van der Waals surface area contributed by atoms with Gasteiger partial charge in [-0.1, -0.05) is 44.2 Å². The van der Waals surface area contributed by atoms with Crippen LogP contribution in [0.15, 0.2) is 42.7 Å². The smallest absolute Gasteiger partial charge is 0.0728 e. The highest BCUT2D eigenvalue weighted by Crippen LogP contribution is 2.11. The third kappa shape index (κ3) is 3.36. The standard InChI is InChI=1S/C15H21N3/c1-3-14(4-2)17-15-10-16-18(12-15)11-13-8-6-5-7-9-13/h5-10,12,14,17H,3-4,11H2,1-2H3. The Morgan fingerprint density at radius 3 is 2.56 bits per heavy atom. The zero-order chi connectivity index (χ0) is 12.8. The fraction of sp³-hybridized carbons (Fsp3) is 0.400. The minimum atomic E-state index is 0.541. The first-order valence-corrected chi connectivity index (χ1v) is 6.64. The summed E-state index contributed by atoms with van der Waals surface area (Å²) in [6, 6.07) is 10.9. The Morgan fingerprint density at radius 2 is 1.89 bits per heavy atom. The van der Waals surface area contributed by atoms with E-state index in [-0.39, 0.29) is 0 Å². The lowest BCUT2D eigenvalue weighted by Crippen LogP contribution is -2.16. The number of benzene rings is 1. The van der Waals surface area contributed by atoms with Crippen LogP contribution in [-0.2, 0) is 6.54 Å². The molecule has 18 heavy (non-hydrogen) atoms. The molecule has 1 aromatic heterocycles. The molecule has 0 amide bonds. The van der Waals surface area contributed by atoms with Crippen molar-refractivity contribution in [2.75, 3.05) is 5.32 Å². The fourth-order valence-corrected chi connectivity index (χ4v) is 2.02. The van der Waals surface area contributed by atoms with Crippen molar-refractivity contribution in [2.24, 2.45) is 0 Å². The van der Waals surface area contributed by atoms with Gasteiger partial charge in [0.2, 0.25) is 0 Å². The van der Waals surface area contributed by atoms with Crippen molar-refractivity contribution >= 4 is 5.69 Å². The third-order valence-electron chi connectivity index (χ3n) is 3.18. The average molecular weight is 243 g/mol. The van der Waals surface area contributed by atoms with Gasteiger partial charge in [0, 0.05) is 12.2 Å². The van der Waals surface area contributed by atoms with Crippen LogP contribution in [0.1, 0.15) is 32.3 Å². The van der Waals surface area contributed by atoms with Gasteiger partial charge in [-0.05, 0) is 18.4 Å². The van der Waals surface area contributed by atoms with E-state index >= 15 is 0 Å². The van der Waals surface area contributed by atoms with E-state index in [1.165, 1.54) is 5.56 Å². The zero-order valence-corrected chi connectivity index (χ0v) is 11.1. The van der Waals surface area contributed by atoms with E-state index in [4.69, 9.17) is 0 Å². The molecule has 2 rings (SSSR count). The SMILES string of the molecule is CCC(CC)Nc1cnn(Cc2ccccc2)c1. The number of anilines is 1. The molecule has 0 saturated heterocycles. The van der Waals surface area contributed by atoms with Gasteiger partial charge in [0.15, 0.2) is 0 Å². The van der Waals surface area contributed by atoms with Gasteiger partial charge in [0.25, 0.3) is 0 Å². The monoisotopic (exact) mass is 243 g/mol. The molecule has 0 bridgehead atoms. The maximum atomic E-state index is 4.39. The quantitative estimate of drug-likeness (QED) is 0.841. The minimum absolute atomic E-state index is 0.541. The predicted octanol–water partition coefficient (Wildman–Crippen LogP) is 3.53. The second-order valence-corrected chi connectivity index (χ2v) is 4.57. The van der Waals surface area contributed by atoms with Gasteiger partial charge in [-0.2, -0.15) is 5.10 Å². The number of hydrogen-bond donors (Lipinski definition) is 1. The molecule has 3 heteroatoms. The molecule has 0 aliphatic heterocycles. The first kappa shape index (κ1) is 12.7. The highest BCUT2D eigenvalue weighted by molar-refractivity contribution is 5.39. The van der Waals surface area contributed by atoms with Crippen LogP contribution < -0.4 is 5.32 Å². The molecule has 1 heterocycles. The summed E-state index contributed by atoms with van der Waals surface area (Å²) in [7, 11) is 0. The lowest BCUT2D eigenvalue weighted by Gasteiger charge is -2.13. The molecule has 1 aromatic carbocycles. The molecule has 0 atom stereocenters. The number of hydrogen-bond acceptors (Lipinski definition) is 2. The molecule has 3 nitrogen and oxygen atoms in total. The molecule has 0 aliphatic carbocycles. The van der Waals surface area contributed by atoms with Crippen LogP contribution in [0.3, 0.4) is 0 Å². The van der Waals surface area contributed by atoms with Crippen molar-refractivity contribution in [3.05, 3.63) is 48.3 Å². The molecule has 96 valence electrons. The lowest BCUT2D eigenvalue weighted by molar-refractivity contribution is 0.669. The van der Waals surface area contributed by atoms with Crippen LogP contribution in [0.25, 0.3) is 0 Å². The van der Waals surface area contributed by atoms with Crippen molar-refractivity contribution in [3.63, 3.8) is 0 Å². The number of nitrogens with one attached hydrogen (secondary N) is 1. The maximum absolute atomic E-state index is 4.39. The Kier molecular flexibility index (Phi) is 4.40. The molecule has 2 aromatic rings. The van der Waals surface area contributed by atoms with E-state index in [1.54, 1.807) is 0 Å². The van der Waals surface area contributed by atoms with Gasteiger partial charge in [-0.25, -0.2) is 0 Å². The number of rotatable bonds is 6. The summed E-state index contributed by atoms with van der Waals surface area (Å²) >= 11 is 0. The molecule has 0 radical (unpaired) electrons. The van der Waals surface area contributed by atoms with E-state index in [1.807, 2.05) is 16.9 Å². The highest BCUT2D eigenvalue weighted by atomic mass is 15.3. The first-order chi connectivity index (χ1) is 8.81. The Balaban J connectivity index is 1.98. The summed E-state index contributed by atoms with van der Waals surface area (Å²) in [6.07, 6.45) is 6.26. The van der Waals surface area contributed by atoms with Crippen molar-refractivity contribution < 1.29 is 0 Å². The topological polar surface area (TPSA) is 29.9 Å². The zero-order valence-electron chi connectivity index (χ0n) is 11.1. The second kappa shape index (κ2) is 6.24. The van der Waals surface area contributed by atoms with Crippen LogP contribution in [0, 0.1) is 0 Å². The summed E-state index contributed by atoms with van der Waals surface area (Å²) in [6.45, 7) is 5.23. The van der Waals surface area contributed by atoms with Gasteiger partial charge in [-0.15, -0.1) is 0 Å². The van der Waals surface area contributed by atoms with Gasteiger partial charge >= 0.3 is 0 Å². The number of aromatic nitrogens is 2. The molecule has 0 spiro atoms. The molecule has 0 unspecified atom stereocenters. The van der Waals surface area contributed by atoms with E-state index in [2.05, 4.69) is 54.7 Å². The van der Waals surface area contributed by atoms with Crippen LogP contribution in [-0.4, -0.2) is 15.8 Å². The van der Waals surface area contributed by atoms with E-state index in [0.717, 1.165) is 25.1 Å². The van der Waals surface area contributed by atoms with Gasteiger partial charge in [-0.3, -0.25) is 4.68 Å². The van der Waals surface area contributed by atoms with Crippen molar-refractivity contribution in [2.45, 2.75) is 39.3 Å². The molecule has 0 saturated carbocycles. The van der Waals surface area contributed by atoms with Gasteiger partial charge in [0.05, 0.1) is 18.4 Å². The average Bonchev–Trinajstić information content (AvgIpc) is 2.84. The second-order valence-electron chi connectivity index (χ2n) is 4.57. The summed E-state index contributed by atoms with van der Waals surface area (Å²) in [5.74, 6) is 0. The van der Waals surface area contributed by atoms with Crippen molar-refractivity contribution in [1.82, 2.24) is 9.78 Å². The Morgan fingerprint density at radius 1 is 1.17 bits per heavy atom. The Labute approximate surface area is 109 Å². The van der Waals surface area contributed by atoms with Crippen LogP contribution >= 0.6 is 0 Å². The molecule has 0 aliphatic rings. The Bertz CT molecular complexity index is 458. The molecular formula is C15H21N3. The third-order valence-corrected chi connectivity index (χ3v) is 3.18. The van der Waals surface area contributed by atoms with E-state index in [9.17, 15) is 0 Å². The summed E-state index contributed by atoms with van der Waals surface area (Å²) < 4.78 is 1.97. The van der Waals surface area contributed by atoms with Gasteiger partial charge < -0.3 is 5.32 Å². The predicted molar refractivity (Wildman–Crippen MR) is 75.8 cm³/mol. The normalized spacial score (nSPS) is 10.8. The van der Waals surface area contributed by atoms with E-state index in [0.29, 0.717) is 6.04 Å². The molecular weight excluding hydrogens is 222 g/mol. The Hall–Kier alpha value is -1.77. The van der Waals surface area contributed by atoms with Crippen LogP contribution in [0.4, 0.5) is 5.69 Å². The molecule has 0 fully saturated rings. The summed E-state index contributed by atoms with van der Waals surface area (Å²) in [4.78, 5) is 0. The fourth-order valence-electron chi connectivity index (χ4n) is 2.02. The largest absolute Gasteiger partial charge is 0.380 e. The number of nitrogens with zero attached hydrogens (tertiary/aromatic N) is 2. The van der Waals surface area contributed by atoms with Crippen molar-refractivity contribution in [3.8, 4) is 0 Å². The summed E-state index contributed by atoms with van der Waals surface area (Å²) in [5.41, 5.74) is 2.38. The lowest BCUT2D eigenvalue weighted by atomic mass is 10.2. The van der Waals surface area contributed by atoms with Crippen molar-refractivity contribution in [1.29, 1.82) is 0 Å². The van der Waals surface area contributed by atoms with E-state index < -0.39 is 0 Å². The van der Waals surface area contributed by atoms with Crippen LogP contribution in [0.5, 0.6) is 0 Å². The molecule has 1 N–H and O–H groups in total. The minimum Gasteiger partial charge on any atom is -0.380 e. The van der Waals surface area contributed by atoms with Gasteiger partial charge in [0.1, 0.15) is 0 Å². The van der Waals surface area contributed by atoms with Crippen LogP contribution in [0.2, 0.25) is 0 Å². The summed E-state index contributed by atoms with van der Waals surface area (Å²) in [5, 5.41) is 7.89. The first-order valence-electron chi connectivity index (χ1n) is 6.64. The maximum Gasteiger partial charge on any atom is 0.0728 e.